The third-order valence-corrected chi connectivity index (χ3v) is 4.29. The molecule has 2 rings (SSSR count). The van der Waals surface area contributed by atoms with Crippen molar-refractivity contribution in [3.8, 4) is 0 Å². The number of β-amino-alcohol motifs (C(OH)–C–C–N with tert-alkyl or cyclic N) is 1. The number of rotatable bonds is 3. The highest BCUT2D eigenvalue weighted by molar-refractivity contribution is 5.31. The van der Waals surface area contributed by atoms with E-state index in [1.165, 1.54) is 11.1 Å². The van der Waals surface area contributed by atoms with Crippen LogP contribution in [0, 0.1) is 13.8 Å². The fourth-order valence-electron chi connectivity index (χ4n) is 2.75. The summed E-state index contributed by atoms with van der Waals surface area (Å²) < 4.78 is 0. The number of aryl methyl sites for hydroxylation is 2. The molecule has 2 atom stereocenters. The van der Waals surface area contributed by atoms with E-state index in [4.69, 9.17) is 0 Å². The molecule has 1 N–H and O–H groups in total. The Kier molecular flexibility index (Phi) is 4.61. The minimum Gasteiger partial charge on any atom is -0.387 e. The maximum Gasteiger partial charge on any atom is 0.0917 e. The number of piperazine rings is 1. The van der Waals surface area contributed by atoms with E-state index in [0.717, 1.165) is 31.7 Å². The van der Waals surface area contributed by atoms with Crippen LogP contribution >= 0.6 is 0 Å². The summed E-state index contributed by atoms with van der Waals surface area (Å²) in [6.45, 7) is 10.4. The molecule has 3 heteroatoms. The maximum absolute atomic E-state index is 10.4. The van der Waals surface area contributed by atoms with Crippen LogP contribution in [0.3, 0.4) is 0 Å². The first-order valence-corrected chi connectivity index (χ1v) is 7.15. The van der Waals surface area contributed by atoms with Crippen molar-refractivity contribution >= 4 is 0 Å². The molecule has 0 amide bonds. The first-order valence-electron chi connectivity index (χ1n) is 7.15. The summed E-state index contributed by atoms with van der Waals surface area (Å²) in [5.74, 6) is 0. The highest BCUT2D eigenvalue weighted by atomic mass is 16.3. The van der Waals surface area contributed by atoms with Crippen molar-refractivity contribution in [1.29, 1.82) is 0 Å². The smallest absolute Gasteiger partial charge is 0.0917 e. The van der Waals surface area contributed by atoms with Crippen molar-refractivity contribution in [1.82, 2.24) is 9.80 Å². The van der Waals surface area contributed by atoms with Crippen LogP contribution in [0.25, 0.3) is 0 Å². The molecule has 0 saturated carbocycles. The average molecular weight is 262 g/mol. The molecular weight excluding hydrogens is 236 g/mol. The minimum atomic E-state index is -0.384. The lowest BCUT2D eigenvalue weighted by Gasteiger charge is -2.39. The van der Waals surface area contributed by atoms with E-state index in [-0.39, 0.29) is 6.10 Å². The summed E-state index contributed by atoms with van der Waals surface area (Å²) in [6, 6.07) is 6.77. The first-order chi connectivity index (χ1) is 8.97. The first kappa shape index (κ1) is 14.5. The molecule has 2 unspecified atom stereocenters. The Morgan fingerprint density at radius 1 is 1.26 bits per heavy atom. The Morgan fingerprint density at radius 3 is 2.63 bits per heavy atom. The standard InChI is InChI=1S/C16H26N2O/c1-12-5-6-15(9-13(12)2)16(19)11-18-8-7-17(4)10-14(18)3/h5-6,9,14,16,19H,7-8,10-11H2,1-4H3. The molecule has 1 aromatic rings. The Bertz CT molecular complexity index is 433. The topological polar surface area (TPSA) is 26.7 Å². The quantitative estimate of drug-likeness (QED) is 0.902. The van der Waals surface area contributed by atoms with E-state index in [1.807, 2.05) is 6.07 Å². The SMILES string of the molecule is Cc1ccc(C(O)CN2CCN(C)CC2C)cc1C. The Morgan fingerprint density at radius 2 is 2.00 bits per heavy atom. The van der Waals surface area contributed by atoms with Gasteiger partial charge in [0.05, 0.1) is 6.10 Å². The summed E-state index contributed by atoms with van der Waals surface area (Å²) in [5, 5.41) is 10.4. The van der Waals surface area contributed by atoms with E-state index in [9.17, 15) is 5.11 Å². The van der Waals surface area contributed by atoms with Gasteiger partial charge in [-0.2, -0.15) is 0 Å². The molecule has 1 aromatic carbocycles. The molecule has 1 saturated heterocycles. The highest BCUT2D eigenvalue weighted by Crippen LogP contribution is 2.20. The van der Waals surface area contributed by atoms with E-state index < -0.39 is 0 Å². The summed E-state index contributed by atoms with van der Waals surface area (Å²) in [4.78, 5) is 4.74. The van der Waals surface area contributed by atoms with Crippen LogP contribution in [-0.2, 0) is 0 Å². The van der Waals surface area contributed by atoms with Crippen LogP contribution in [0.1, 0.15) is 29.7 Å². The summed E-state index contributed by atoms with van der Waals surface area (Å²) in [6.07, 6.45) is -0.384. The maximum atomic E-state index is 10.4. The van der Waals surface area contributed by atoms with Crippen molar-refractivity contribution in [2.75, 3.05) is 33.2 Å². The van der Waals surface area contributed by atoms with Gasteiger partial charge in [-0.1, -0.05) is 18.2 Å². The van der Waals surface area contributed by atoms with Gasteiger partial charge in [0.2, 0.25) is 0 Å². The molecular formula is C16H26N2O. The number of likely N-dealkylation sites (N-methyl/N-ethyl adjacent to an activating group) is 1. The molecule has 3 nitrogen and oxygen atoms in total. The fraction of sp³-hybridized carbons (Fsp3) is 0.625. The molecule has 0 aliphatic carbocycles. The van der Waals surface area contributed by atoms with Gasteiger partial charge in [0, 0.05) is 32.2 Å². The number of hydrogen-bond acceptors (Lipinski definition) is 3. The van der Waals surface area contributed by atoms with Crippen LogP contribution in [0.15, 0.2) is 18.2 Å². The predicted molar refractivity (Wildman–Crippen MR) is 79.4 cm³/mol. The van der Waals surface area contributed by atoms with E-state index >= 15 is 0 Å². The van der Waals surface area contributed by atoms with Gasteiger partial charge in [0.1, 0.15) is 0 Å². The zero-order valence-corrected chi connectivity index (χ0v) is 12.6. The second-order valence-electron chi connectivity index (χ2n) is 5.97. The summed E-state index contributed by atoms with van der Waals surface area (Å²) in [7, 11) is 2.16. The number of benzene rings is 1. The second kappa shape index (κ2) is 6.04. The van der Waals surface area contributed by atoms with Crippen molar-refractivity contribution < 1.29 is 5.11 Å². The van der Waals surface area contributed by atoms with E-state index in [1.54, 1.807) is 0 Å². The van der Waals surface area contributed by atoms with Gasteiger partial charge in [0.15, 0.2) is 0 Å². The Labute approximate surface area is 116 Å². The average Bonchev–Trinajstić information content (AvgIpc) is 2.36. The second-order valence-corrected chi connectivity index (χ2v) is 5.97. The molecule has 106 valence electrons. The Balaban J connectivity index is 2.00. The Hall–Kier alpha value is -0.900. The fourth-order valence-corrected chi connectivity index (χ4v) is 2.75. The summed E-state index contributed by atoms with van der Waals surface area (Å²) in [5.41, 5.74) is 3.57. The molecule has 0 spiro atoms. The van der Waals surface area contributed by atoms with Gasteiger partial charge < -0.3 is 10.0 Å². The largest absolute Gasteiger partial charge is 0.387 e. The molecule has 0 bridgehead atoms. The number of hydrogen-bond donors (Lipinski definition) is 1. The third-order valence-electron chi connectivity index (χ3n) is 4.29. The van der Waals surface area contributed by atoms with Crippen LogP contribution in [-0.4, -0.2) is 54.2 Å². The van der Waals surface area contributed by atoms with E-state index in [2.05, 4.69) is 49.8 Å². The lowest BCUT2D eigenvalue weighted by Crippen LogP contribution is -2.51. The normalized spacial score (nSPS) is 23.5. The van der Waals surface area contributed by atoms with Crippen LogP contribution in [0.4, 0.5) is 0 Å². The number of aliphatic hydroxyl groups is 1. The summed E-state index contributed by atoms with van der Waals surface area (Å²) >= 11 is 0. The van der Waals surface area contributed by atoms with Gasteiger partial charge >= 0.3 is 0 Å². The monoisotopic (exact) mass is 262 g/mol. The number of aliphatic hydroxyl groups excluding tert-OH is 1. The molecule has 1 fully saturated rings. The van der Waals surface area contributed by atoms with Crippen LogP contribution < -0.4 is 0 Å². The molecule has 0 radical (unpaired) electrons. The van der Waals surface area contributed by atoms with Gasteiger partial charge in [-0.3, -0.25) is 4.90 Å². The molecule has 1 aliphatic heterocycles. The number of nitrogens with zero attached hydrogens (tertiary/aromatic N) is 2. The van der Waals surface area contributed by atoms with Crippen molar-refractivity contribution in [3.05, 3.63) is 34.9 Å². The lowest BCUT2D eigenvalue weighted by molar-refractivity contribution is 0.0474. The third kappa shape index (κ3) is 3.56. The van der Waals surface area contributed by atoms with Gasteiger partial charge in [-0.05, 0) is 44.5 Å². The molecule has 19 heavy (non-hydrogen) atoms. The van der Waals surface area contributed by atoms with E-state index in [0.29, 0.717) is 6.04 Å². The molecule has 1 aliphatic rings. The zero-order chi connectivity index (χ0) is 14.0. The molecule has 0 aromatic heterocycles. The lowest BCUT2D eigenvalue weighted by atomic mass is 10.0. The molecule has 1 heterocycles. The minimum absolute atomic E-state index is 0.384. The van der Waals surface area contributed by atoms with Gasteiger partial charge in [0.25, 0.3) is 0 Å². The van der Waals surface area contributed by atoms with Gasteiger partial charge in [-0.15, -0.1) is 0 Å². The zero-order valence-electron chi connectivity index (χ0n) is 12.6. The van der Waals surface area contributed by atoms with Crippen molar-refractivity contribution in [3.63, 3.8) is 0 Å². The van der Waals surface area contributed by atoms with Crippen LogP contribution in [0.2, 0.25) is 0 Å². The van der Waals surface area contributed by atoms with Crippen molar-refractivity contribution in [2.45, 2.75) is 32.9 Å². The van der Waals surface area contributed by atoms with Crippen molar-refractivity contribution in [2.24, 2.45) is 0 Å². The van der Waals surface area contributed by atoms with Gasteiger partial charge in [-0.25, -0.2) is 0 Å². The predicted octanol–water partition coefficient (Wildman–Crippen LogP) is 1.97. The van der Waals surface area contributed by atoms with Crippen LogP contribution in [0.5, 0.6) is 0 Å². The highest BCUT2D eigenvalue weighted by Gasteiger charge is 2.23.